The number of carbonyl (C=O) groups is 1. The number of aromatic nitrogens is 1. The van der Waals surface area contributed by atoms with Gasteiger partial charge in [0.05, 0.1) is 6.54 Å². The minimum absolute atomic E-state index is 0.105. The van der Waals surface area contributed by atoms with Gasteiger partial charge in [-0.1, -0.05) is 36.4 Å². The Labute approximate surface area is 146 Å². The van der Waals surface area contributed by atoms with E-state index in [1.807, 2.05) is 36.5 Å². The maximum atomic E-state index is 12.0. The summed E-state index contributed by atoms with van der Waals surface area (Å²) in [5.74, 6) is 0.105. The molecule has 3 nitrogen and oxygen atoms in total. The van der Waals surface area contributed by atoms with E-state index in [4.69, 9.17) is 0 Å². The number of hydrogen-bond donors (Lipinski definition) is 1. The Morgan fingerprint density at radius 1 is 1.04 bits per heavy atom. The van der Waals surface area contributed by atoms with E-state index in [-0.39, 0.29) is 5.91 Å². The lowest BCUT2D eigenvalue weighted by Crippen LogP contribution is -2.21. The number of aryl methyl sites for hydroxylation is 1. The van der Waals surface area contributed by atoms with Crippen LogP contribution in [0.4, 0.5) is 0 Å². The number of pyridine rings is 1. The van der Waals surface area contributed by atoms with Crippen molar-refractivity contribution >= 4 is 17.2 Å². The van der Waals surface area contributed by atoms with E-state index in [2.05, 4.69) is 34.6 Å². The van der Waals surface area contributed by atoms with Crippen LogP contribution < -0.4 is 5.32 Å². The zero-order chi connectivity index (χ0) is 16.6. The molecule has 0 bridgehead atoms. The van der Waals surface area contributed by atoms with Crippen molar-refractivity contribution < 1.29 is 4.79 Å². The third-order valence-corrected chi connectivity index (χ3v) is 4.91. The molecule has 24 heavy (non-hydrogen) atoms. The molecule has 2 aromatic heterocycles. The maximum Gasteiger partial charge on any atom is 0.220 e. The van der Waals surface area contributed by atoms with E-state index < -0.39 is 0 Å². The summed E-state index contributed by atoms with van der Waals surface area (Å²) in [6.07, 6.45) is 5.90. The SMILES string of the molecule is O=C(CCCc1cccnc1)NCc1ccc(-c2ccccc2)s1. The molecule has 3 aromatic rings. The summed E-state index contributed by atoms with van der Waals surface area (Å²) < 4.78 is 0. The van der Waals surface area contributed by atoms with Crippen LogP contribution in [0.25, 0.3) is 10.4 Å². The summed E-state index contributed by atoms with van der Waals surface area (Å²) in [4.78, 5) is 18.5. The summed E-state index contributed by atoms with van der Waals surface area (Å²) in [5, 5.41) is 3.01. The fourth-order valence-electron chi connectivity index (χ4n) is 2.50. The molecule has 0 saturated carbocycles. The molecule has 0 radical (unpaired) electrons. The molecule has 0 aliphatic carbocycles. The molecule has 122 valence electrons. The molecule has 0 spiro atoms. The standard InChI is InChI=1S/C20H20N2OS/c23-20(10-4-6-16-7-5-13-21-14-16)22-15-18-11-12-19(24-18)17-8-2-1-3-9-17/h1-3,5,7-9,11-14H,4,6,10,15H2,(H,22,23). The summed E-state index contributed by atoms with van der Waals surface area (Å²) in [6.45, 7) is 0.600. The van der Waals surface area contributed by atoms with Crippen LogP contribution >= 0.6 is 11.3 Å². The van der Waals surface area contributed by atoms with Gasteiger partial charge in [-0.25, -0.2) is 0 Å². The normalized spacial score (nSPS) is 10.5. The second-order valence-electron chi connectivity index (χ2n) is 5.62. The van der Waals surface area contributed by atoms with Crippen LogP contribution in [0.2, 0.25) is 0 Å². The van der Waals surface area contributed by atoms with Gasteiger partial charge in [-0.15, -0.1) is 11.3 Å². The molecule has 3 rings (SSSR count). The fourth-order valence-corrected chi connectivity index (χ4v) is 3.46. The van der Waals surface area contributed by atoms with Crippen LogP contribution in [-0.2, 0) is 17.8 Å². The smallest absolute Gasteiger partial charge is 0.220 e. The van der Waals surface area contributed by atoms with E-state index in [1.54, 1.807) is 17.5 Å². The number of thiophene rings is 1. The average Bonchev–Trinajstić information content (AvgIpc) is 3.11. The number of carbonyl (C=O) groups excluding carboxylic acids is 1. The topological polar surface area (TPSA) is 42.0 Å². The van der Waals surface area contributed by atoms with Crippen molar-refractivity contribution in [2.45, 2.75) is 25.8 Å². The quantitative estimate of drug-likeness (QED) is 0.692. The van der Waals surface area contributed by atoms with Crippen LogP contribution in [0, 0.1) is 0 Å². The summed E-state index contributed by atoms with van der Waals surface area (Å²) in [5.41, 5.74) is 2.40. The Morgan fingerprint density at radius 3 is 2.71 bits per heavy atom. The largest absolute Gasteiger partial charge is 0.351 e. The minimum Gasteiger partial charge on any atom is -0.351 e. The van der Waals surface area contributed by atoms with E-state index in [1.165, 1.54) is 20.9 Å². The van der Waals surface area contributed by atoms with E-state index in [9.17, 15) is 4.79 Å². The monoisotopic (exact) mass is 336 g/mol. The Balaban J connectivity index is 1.42. The lowest BCUT2D eigenvalue weighted by atomic mass is 10.1. The van der Waals surface area contributed by atoms with Gasteiger partial charge in [0.2, 0.25) is 5.91 Å². The molecular weight excluding hydrogens is 316 g/mol. The van der Waals surface area contributed by atoms with Crippen LogP contribution in [0.3, 0.4) is 0 Å². The molecule has 4 heteroatoms. The highest BCUT2D eigenvalue weighted by molar-refractivity contribution is 7.15. The highest BCUT2D eigenvalue weighted by Crippen LogP contribution is 2.27. The van der Waals surface area contributed by atoms with Gasteiger partial charge in [0.1, 0.15) is 0 Å². The van der Waals surface area contributed by atoms with Crippen LogP contribution in [0.1, 0.15) is 23.3 Å². The van der Waals surface area contributed by atoms with Gasteiger partial charge in [0, 0.05) is 28.6 Å². The highest BCUT2D eigenvalue weighted by atomic mass is 32.1. The fraction of sp³-hybridized carbons (Fsp3) is 0.200. The molecule has 0 unspecified atom stereocenters. The van der Waals surface area contributed by atoms with Gasteiger partial charge in [-0.05, 0) is 42.2 Å². The number of nitrogens with one attached hydrogen (secondary N) is 1. The minimum atomic E-state index is 0.105. The molecule has 0 atom stereocenters. The molecule has 1 amide bonds. The van der Waals surface area contributed by atoms with Crippen LogP contribution in [-0.4, -0.2) is 10.9 Å². The van der Waals surface area contributed by atoms with Crippen LogP contribution in [0.5, 0.6) is 0 Å². The first-order chi connectivity index (χ1) is 11.8. The highest BCUT2D eigenvalue weighted by Gasteiger charge is 2.05. The summed E-state index contributed by atoms with van der Waals surface area (Å²) in [7, 11) is 0. The van der Waals surface area contributed by atoms with E-state index in [0.29, 0.717) is 13.0 Å². The first kappa shape index (κ1) is 16.4. The van der Waals surface area contributed by atoms with Gasteiger partial charge >= 0.3 is 0 Å². The lowest BCUT2D eigenvalue weighted by Gasteiger charge is -2.04. The van der Waals surface area contributed by atoms with E-state index in [0.717, 1.165) is 12.8 Å². The van der Waals surface area contributed by atoms with Gasteiger partial charge in [-0.3, -0.25) is 9.78 Å². The summed E-state index contributed by atoms with van der Waals surface area (Å²) >= 11 is 1.73. The number of hydrogen-bond acceptors (Lipinski definition) is 3. The first-order valence-corrected chi connectivity index (χ1v) is 8.92. The van der Waals surface area contributed by atoms with Crippen molar-refractivity contribution in [3.63, 3.8) is 0 Å². The zero-order valence-corrected chi connectivity index (χ0v) is 14.3. The molecule has 1 aromatic carbocycles. The van der Waals surface area contributed by atoms with E-state index >= 15 is 0 Å². The number of benzene rings is 1. The van der Waals surface area contributed by atoms with Crippen molar-refractivity contribution in [2.24, 2.45) is 0 Å². The Hall–Kier alpha value is -2.46. The second kappa shape index (κ2) is 8.41. The summed E-state index contributed by atoms with van der Waals surface area (Å²) in [6, 6.07) is 18.5. The molecule has 2 heterocycles. The Morgan fingerprint density at radius 2 is 1.92 bits per heavy atom. The molecule has 0 aliphatic heterocycles. The molecule has 0 saturated heterocycles. The number of amides is 1. The van der Waals surface area contributed by atoms with Gasteiger partial charge in [0.25, 0.3) is 0 Å². The van der Waals surface area contributed by atoms with Gasteiger partial charge < -0.3 is 5.32 Å². The molecule has 0 fully saturated rings. The predicted octanol–water partition coefficient (Wildman–Crippen LogP) is 4.45. The number of nitrogens with zero attached hydrogens (tertiary/aromatic N) is 1. The zero-order valence-electron chi connectivity index (χ0n) is 13.4. The second-order valence-corrected chi connectivity index (χ2v) is 6.79. The van der Waals surface area contributed by atoms with Gasteiger partial charge in [0.15, 0.2) is 0 Å². The van der Waals surface area contributed by atoms with Crippen molar-refractivity contribution in [2.75, 3.05) is 0 Å². The predicted molar refractivity (Wildman–Crippen MR) is 98.8 cm³/mol. The molecule has 0 aliphatic rings. The van der Waals surface area contributed by atoms with Crippen molar-refractivity contribution in [3.8, 4) is 10.4 Å². The lowest BCUT2D eigenvalue weighted by molar-refractivity contribution is -0.121. The van der Waals surface area contributed by atoms with Crippen molar-refractivity contribution in [3.05, 3.63) is 77.4 Å². The molecule has 1 N–H and O–H groups in total. The number of rotatable bonds is 7. The van der Waals surface area contributed by atoms with Gasteiger partial charge in [-0.2, -0.15) is 0 Å². The third kappa shape index (κ3) is 4.77. The maximum absolute atomic E-state index is 12.0. The Kier molecular flexibility index (Phi) is 5.75. The Bertz CT molecular complexity index is 769. The molecular formula is C20H20N2OS. The van der Waals surface area contributed by atoms with Crippen molar-refractivity contribution in [1.82, 2.24) is 10.3 Å². The third-order valence-electron chi connectivity index (χ3n) is 3.77. The average molecular weight is 336 g/mol. The van der Waals surface area contributed by atoms with Crippen molar-refractivity contribution in [1.29, 1.82) is 0 Å². The van der Waals surface area contributed by atoms with Crippen LogP contribution in [0.15, 0.2) is 67.0 Å². The first-order valence-electron chi connectivity index (χ1n) is 8.11.